The van der Waals surface area contributed by atoms with Crippen molar-refractivity contribution in [2.75, 3.05) is 7.05 Å². The van der Waals surface area contributed by atoms with Gasteiger partial charge in [0.1, 0.15) is 0 Å². The highest BCUT2D eigenvalue weighted by atomic mass is 16.3. The van der Waals surface area contributed by atoms with Crippen molar-refractivity contribution >= 4 is 5.65 Å². The van der Waals surface area contributed by atoms with Crippen molar-refractivity contribution in [2.24, 2.45) is 0 Å². The summed E-state index contributed by atoms with van der Waals surface area (Å²) < 4.78 is 1.34. The van der Waals surface area contributed by atoms with Gasteiger partial charge in [-0.1, -0.05) is 13.0 Å². The molecule has 0 saturated carbocycles. The van der Waals surface area contributed by atoms with Crippen LogP contribution in [0.25, 0.3) is 5.65 Å². The monoisotopic (exact) mass is 324 g/mol. The van der Waals surface area contributed by atoms with Gasteiger partial charge >= 0.3 is 0 Å². The molecule has 24 heavy (non-hydrogen) atoms. The molecule has 0 saturated heterocycles. The molecule has 0 unspecified atom stereocenters. The van der Waals surface area contributed by atoms with Gasteiger partial charge in [0.15, 0.2) is 11.4 Å². The Balaban J connectivity index is 1.78. The molecule has 124 valence electrons. The first kappa shape index (κ1) is 16.1. The number of rotatable bonds is 5. The van der Waals surface area contributed by atoms with E-state index in [0.29, 0.717) is 18.8 Å². The van der Waals surface area contributed by atoms with Crippen LogP contribution in [0.4, 0.5) is 0 Å². The summed E-state index contributed by atoms with van der Waals surface area (Å²) in [4.78, 5) is 23.0. The number of nitrogens with zero attached hydrogens (tertiary/aromatic N) is 4. The minimum atomic E-state index is -0.204. The van der Waals surface area contributed by atoms with Crippen molar-refractivity contribution in [3.63, 3.8) is 0 Å². The third-order valence-corrected chi connectivity index (χ3v) is 3.88. The van der Waals surface area contributed by atoms with Crippen LogP contribution < -0.4 is 5.56 Å². The van der Waals surface area contributed by atoms with E-state index in [-0.39, 0.29) is 17.0 Å². The van der Waals surface area contributed by atoms with E-state index in [0.717, 1.165) is 12.1 Å². The highest BCUT2D eigenvalue weighted by molar-refractivity contribution is 5.52. The third-order valence-electron chi connectivity index (χ3n) is 3.88. The molecule has 6 heteroatoms. The molecule has 3 aromatic heterocycles. The summed E-state index contributed by atoms with van der Waals surface area (Å²) in [5.41, 5.74) is 2.87. The number of hydrogen-bond acceptors (Lipinski definition) is 5. The van der Waals surface area contributed by atoms with Crippen LogP contribution >= 0.6 is 0 Å². The summed E-state index contributed by atoms with van der Waals surface area (Å²) >= 11 is 0. The second-order valence-electron chi connectivity index (χ2n) is 5.86. The Hall–Kier alpha value is -2.73. The minimum Gasteiger partial charge on any atom is -0.504 e. The second kappa shape index (κ2) is 6.80. The van der Waals surface area contributed by atoms with Crippen LogP contribution in [-0.4, -0.2) is 31.4 Å². The van der Waals surface area contributed by atoms with Gasteiger partial charge in [-0.3, -0.25) is 19.1 Å². The lowest BCUT2D eigenvalue weighted by atomic mass is 10.2. The maximum atomic E-state index is 12.1. The zero-order valence-electron chi connectivity index (χ0n) is 13.8. The molecule has 0 amide bonds. The van der Waals surface area contributed by atoms with Crippen molar-refractivity contribution in [2.45, 2.75) is 26.4 Å². The molecule has 3 rings (SSSR count). The largest absolute Gasteiger partial charge is 0.504 e. The molecule has 3 heterocycles. The third kappa shape index (κ3) is 3.44. The molecule has 0 aromatic carbocycles. The zero-order valence-corrected chi connectivity index (χ0v) is 13.8. The van der Waals surface area contributed by atoms with Gasteiger partial charge in [-0.05, 0) is 37.2 Å². The van der Waals surface area contributed by atoms with Crippen LogP contribution in [0.5, 0.6) is 5.75 Å². The first-order chi connectivity index (χ1) is 11.6. The SMILES string of the molecule is CCc1ccc(CN(C)Cc2cc(=O)n3cccc(O)c3n2)nc1. The molecule has 0 aliphatic carbocycles. The molecular formula is C18H20N4O2. The summed E-state index contributed by atoms with van der Waals surface area (Å²) in [6.07, 6.45) is 4.45. The van der Waals surface area contributed by atoms with Crippen molar-refractivity contribution in [3.05, 3.63) is 70.0 Å². The van der Waals surface area contributed by atoms with Crippen LogP contribution in [0.3, 0.4) is 0 Å². The topological polar surface area (TPSA) is 70.7 Å². The molecule has 0 atom stereocenters. The summed E-state index contributed by atoms with van der Waals surface area (Å²) in [7, 11) is 1.95. The number of aryl methyl sites for hydroxylation is 1. The van der Waals surface area contributed by atoms with E-state index in [1.165, 1.54) is 22.1 Å². The molecule has 0 radical (unpaired) electrons. The van der Waals surface area contributed by atoms with Crippen LogP contribution in [0, 0.1) is 0 Å². The normalized spacial score (nSPS) is 11.3. The fraction of sp³-hybridized carbons (Fsp3) is 0.278. The van der Waals surface area contributed by atoms with Gasteiger partial charge < -0.3 is 5.11 Å². The molecule has 0 aliphatic rings. The minimum absolute atomic E-state index is 0.00377. The van der Waals surface area contributed by atoms with E-state index in [1.807, 2.05) is 24.2 Å². The lowest BCUT2D eigenvalue weighted by Gasteiger charge is -2.16. The molecule has 6 nitrogen and oxygen atoms in total. The van der Waals surface area contributed by atoms with Crippen molar-refractivity contribution in [1.29, 1.82) is 0 Å². The Labute approximate surface area is 140 Å². The van der Waals surface area contributed by atoms with Crippen molar-refractivity contribution in [1.82, 2.24) is 19.3 Å². The van der Waals surface area contributed by atoms with Crippen LogP contribution in [0.1, 0.15) is 23.9 Å². The van der Waals surface area contributed by atoms with Crippen molar-refractivity contribution in [3.8, 4) is 5.75 Å². The highest BCUT2D eigenvalue weighted by Gasteiger charge is 2.09. The predicted molar refractivity (Wildman–Crippen MR) is 91.9 cm³/mol. The van der Waals surface area contributed by atoms with Crippen LogP contribution in [0.2, 0.25) is 0 Å². The van der Waals surface area contributed by atoms with Gasteiger partial charge in [0, 0.05) is 31.5 Å². The molecule has 0 fully saturated rings. The second-order valence-corrected chi connectivity index (χ2v) is 5.86. The van der Waals surface area contributed by atoms with Gasteiger partial charge in [0.25, 0.3) is 5.56 Å². The Morgan fingerprint density at radius 3 is 2.71 bits per heavy atom. The van der Waals surface area contributed by atoms with Gasteiger partial charge in [0.2, 0.25) is 0 Å². The smallest absolute Gasteiger partial charge is 0.258 e. The molecule has 1 N–H and O–H groups in total. The van der Waals surface area contributed by atoms with E-state index in [9.17, 15) is 9.90 Å². The van der Waals surface area contributed by atoms with Gasteiger partial charge in [-0.2, -0.15) is 0 Å². The molecule has 3 aromatic rings. The summed E-state index contributed by atoms with van der Waals surface area (Å²) in [6, 6.07) is 8.73. The van der Waals surface area contributed by atoms with E-state index in [1.54, 1.807) is 12.3 Å². The fourth-order valence-electron chi connectivity index (χ4n) is 2.61. The van der Waals surface area contributed by atoms with E-state index >= 15 is 0 Å². The number of fused-ring (bicyclic) bond motifs is 1. The molecular weight excluding hydrogens is 304 g/mol. The summed E-state index contributed by atoms with van der Waals surface area (Å²) in [5.74, 6) is -0.00377. The summed E-state index contributed by atoms with van der Waals surface area (Å²) in [6.45, 7) is 3.26. The highest BCUT2D eigenvalue weighted by Crippen LogP contribution is 2.14. The maximum Gasteiger partial charge on any atom is 0.258 e. The number of aromatic nitrogens is 3. The number of pyridine rings is 2. The fourth-order valence-corrected chi connectivity index (χ4v) is 2.61. The van der Waals surface area contributed by atoms with Crippen LogP contribution in [-0.2, 0) is 19.5 Å². The average Bonchev–Trinajstić information content (AvgIpc) is 2.56. The summed E-state index contributed by atoms with van der Waals surface area (Å²) in [5, 5.41) is 9.89. The lowest BCUT2D eigenvalue weighted by Crippen LogP contribution is -2.22. The molecule has 0 bridgehead atoms. The van der Waals surface area contributed by atoms with Gasteiger partial charge in [-0.15, -0.1) is 0 Å². The number of hydrogen-bond donors (Lipinski definition) is 1. The Morgan fingerprint density at radius 1 is 1.21 bits per heavy atom. The average molecular weight is 324 g/mol. The predicted octanol–water partition coefficient (Wildman–Crippen LogP) is 1.99. The zero-order chi connectivity index (χ0) is 17.1. The van der Waals surface area contributed by atoms with Crippen LogP contribution in [0.15, 0.2) is 47.5 Å². The lowest BCUT2D eigenvalue weighted by molar-refractivity contribution is 0.311. The Morgan fingerprint density at radius 2 is 2.00 bits per heavy atom. The van der Waals surface area contributed by atoms with E-state index in [4.69, 9.17) is 0 Å². The van der Waals surface area contributed by atoms with E-state index in [2.05, 4.69) is 23.0 Å². The van der Waals surface area contributed by atoms with Gasteiger partial charge in [0.05, 0.1) is 11.4 Å². The van der Waals surface area contributed by atoms with Gasteiger partial charge in [-0.25, -0.2) is 4.98 Å². The standard InChI is InChI=1S/C18H20N4O2/c1-3-13-6-7-14(19-10-13)11-21(2)12-15-9-17(24)22-8-4-5-16(23)18(22)20-15/h4-10,23H,3,11-12H2,1-2H3. The van der Waals surface area contributed by atoms with Crippen molar-refractivity contribution < 1.29 is 5.11 Å². The molecule has 0 spiro atoms. The van der Waals surface area contributed by atoms with E-state index < -0.39 is 0 Å². The Bertz CT molecular complexity index is 903. The first-order valence-electron chi connectivity index (χ1n) is 7.89. The quantitative estimate of drug-likeness (QED) is 0.777. The Kier molecular flexibility index (Phi) is 4.57. The number of aromatic hydroxyl groups is 1. The first-order valence-corrected chi connectivity index (χ1v) is 7.89. The molecule has 0 aliphatic heterocycles. The maximum absolute atomic E-state index is 12.1.